The Labute approximate surface area is 102 Å². The maximum atomic E-state index is 11.5. The van der Waals surface area contributed by atoms with Crippen molar-refractivity contribution >= 4 is 11.9 Å². The Morgan fingerprint density at radius 1 is 1.41 bits per heavy atom. The van der Waals surface area contributed by atoms with Gasteiger partial charge in [-0.25, -0.2) is 0 Å². The molecule has 1 saturated carbocycles. The molecule has 0 aromatic carbocycles. The average Bonchev–Trinajstić information content (AvgIpc) is 2.73. The molecule has 4 N–H and O–H groups in total. The van der Waals surface area contributed by atoms with E-state index < -0.39 is 11.4 Å². The quantitative estimate of drug-likeness (QED) is 0.644. The van der Waals surface area contributed by atoms with Gasteiger partial charge >= 0.3 is 5.97 Å². The van der Waals surface area contributed by atoms with Gasteiger partial charge in [0.15, 0.2) is 0 Å². The number of nitrogens with one attached hydrogen (secondary N) is 1. The maximum Gasteiger partial charge on any atom is 0.311 e. The highest BCUT2D eigenvalue weighted by Gasteiger charge is 2.41. The van der Waals surface area contributed by atoms with E-state index in [0.29, 0.717) is 25.7 Å². The van der Waals surface area contributed by atoms with Crippen molar-refractivity contribution in [2.45, 2.75) is 51.5 Å². The SMILES string of the molecule is CC(N)CCC(=O)NCC1(C(=O)O)CCCC1. The van der Waals surface area contributed by atoms with Gasteiger partial charge in [-0.2, -0.15) is 0 Å². The second kappa shape index (κ2) is 6.00. The molecule has 0 bridgehead atoms. The predicted molar refractivity (Wildman–Crippen MR) is 64.4 cm³/mol. The van der Waals surface area contributed by atoms with Gasteiger partial charge in [-0.1, -0.05) is 12.8 Å². The van der Waals surface area contributed by atoms with Crippen LogP contribution in [0.5, 0.6) is 0 Å². The minimum Gasteiger partial charge on any atom is -0.481 e. The molecule has 5 nitrogen and oxygen atoms in total. The fraction of sp³-hybridized carbons (Fsp3) is 0.833. The van der Waals surface area contributed by atoms with E-state index in [1.165, 1.54) is 0 Å². The molecule has 0 aliphatic heterocycles. The van der Waals surface area contributed by atoms with Crippen LogP contribution in [-0.2, 0) is 9.59 Å². The van der Waals surface area contributed by atoms with Crippen molar-refractivity contribution in [1.82, 2.24) is 5.32 Å². The summed E-state index contributed by atoms with van der Waals surface area (Å²) in [5.41, 5.74) is 4.83. The summed E-state index contributed by atoms with van der Waals surface area (Å²) in [7, 11) is 0. The zero-order valence-corrected chi connectivity index (χ0v) is 10.4. The average molecular weight is 242 g/mol. The summed E-state index contributed by atoms with van der Waals surface area (Å²) in [6.07, 6.45) is 4.19. The van der Waals surface area contributed by atoms with Gasteiger partial charge in [0, 0.05) is 19.0 Å². The van der Waals surface area contributed by atoms with Crippen LogP contribution in [0.25, 0.3) is 0 Å². The molecule has 0 heterocycles. The lowest BCUT2D eigenvalue weighted by Gasteiger charge is -2.24. The summed E-state index contributed by atoms with van der Waals surface area (Å²) < 4.78 is 0. The number of rotatable bonds is 6. The van der Waals surface area contributed by atoms with Crippen molar-refractivity contribution in [3.63, 3.8) is 0 Å². The van der Waals surface area contributed by atoms with Gasteiger partial charge in [-0.15, -0.1) is 0 Å². The van der Waals surface area contributed by atoms with Gasteiger partial charge < -0.3 is 16.2 Å². The molecule has 1 unspecified atom stereocenters. The molecule has 98 valence electrons. The first kappa shape index (κ1) is 14.0. The summed E-state index contributed by atoms with van der Waals surface area (Å²) in [5.74, 6) is -0.891. The molecule has 0 saturated heterocycles. The van der Waals surface area contributed by atoms with Crippen molar-refractivity contribution in [3.05, 3.63) is 0 Å². The Morgan fingerprint density at radius 2 is 2.00 bits per heavy atom. The highest BCUT2D eigenvalue weighted by molar-refractivity contribution is 5.79. The molecular weight excluding hydrogens is 220 g/mol. The van der Waals surface area contributed by atoms with Crippen molar-refractivity contribution in [3.8, 4) is 0 Å². The molecule has 1 aliphatic rings. The lowest BCUT2D eigenvalue weighted by Crippen LogP contribution is -2.41. The van der Waals surface area contributed by atoms with Crippen LogP contribution in [-0.4, -0.2) is 29.6 Å². The number of carbonyl (C=O) groups excluding carboxylic acids is 1. The van der Waals surface area contributed by atoms with Gasteiger partial charge in [-0.3, -0.25) is 9.59 Å². The normalized spacial score (nSPS) is 19.9. The minimum atomic E-state index is -0.789. The Morgan fingerprint density at radius 3 is 2.47 bits per heavy atom. The molecule has 0 aromatic heterocycles. The molecule has 1 amide bonds. The number of nitrogens with two attached hydrogens (primary N) is 1. The smallest absolute Gasteiger partial charge is 0.311 e. The van der Waals surface area contributed by atoms with E-state index in [2.05, 4.69) is 5.32 Å². The van der Waals surface area contributed by atoms with Crippen LogP contribution in [0.2, 0.25) is 0 Å². The zero-order chi connectivity index (χ0) is 12.9. The Bertz CT molecular complexity index is 283. The maximum absolute atomic E-state index is 11.5. The summed E-state index contributed by atoms with van der Waals surface area (Å²) in [6, 6.07) is 0.000615. The standard InChI is InChI=1S/C12H22N2O3/c1-9(13)4-5-10(15)14-8-12(11(16)17)6-2-3-7-12/h9H,2-8,13H2,1H3,(H,14,15)(H,16,17). The Hall–Kier alpha value is -1.10. The largest absolute Gasteiger partial charge is 0.481 e. The molecule has 0 aromatic rings. The minimum absolute atomic E-state index is 0.000615. The monoisotopic (exact) mass is 242 g/mol. The predicted octanol–water partition coefficient (Wildman–Crippen LogP) is 0.875. The van der Waals surface area contributed by atoms with Crippen molar-refractivity contribution < 1.29 is 14.7 Å². The molecule has 1 rings (SSSR count). The van der Waals surface area contributed by atoms with E-state index in [9.17, 15) is 14.7 Å². The van der Waals surface area contributed by atoms with Crippen LogP contribution in [0.15, 0.2) is 0 Å². The third kappa shape index (κ3) is 4.00. The van der Waals surface area contributed by atoms with Gasteiger partial charge in [0.25, 0.3) is 0 Å². The van der Waals surface area contributed by atoms with E-state index in [1.807, 2.05) is 6.92 Å². The second-order valence-corrected chi connectivity index (χ2v) is 5.09. The third-order valence-corrected chi connectivity index (χ3v) is 3.47. The van der Waals surface area contributed by atoms with Gasteiger partial charge in [0.1, 0.15) is 0 Å². The zero-order valence-electron chi connectivity index (χ0n) is 10.4. The highest BCUT2D eigenvalue weighted by atomic mass is 16.4. The number of amides is 1. The van der Waals surface area contributed by atoms with Crippen molar-refractivity contribution in [2.75, 3.05) is 6.54 Å². The number of carbonyl (C=O) groups is 2. The lowest BCUT2D eigenvalue weighted by atomic mass is 9.86. The summed E-state index contributed by atoms with van der Waals surface area (Å²) in [4.78, 5) is 22.7. The van der Waals surface area contributed by atoms with Crippen LogP contribution < -0.4 is 11.1 Å². The summed E-state index contributed by atoms with van der Waals surface area (Å²) in [5, 5.41) is 12.0. The summed E-state index contributed by atoms with van der Waals surface area (Å²) in [6.45, 7) is 2.10. The molecule has 1 fully saturated rings. The van der Waals surface area contributed by atoms with Crippen LogP contribution in [0.3, 0.4) is 0 Å². The fourth-order valence-corrected chi connectivity index (χ4v) is 2.23. The second-order valence-electron chi connectivity index (χ2n) is 5.09. The highest BCUT2D eigenvalue weighted by Crippen LogP contribution is 2.37. The van der Waals surface area contributed by atoms with Gasteiger partial charge in [-0.05, 0) is 26.2 Å². The van der Waals surface area contributed by atoms with Crippen LogP contribution in [0.4, 0.5) is 0 Å². The van der Waals surface area contributed by atoms with E-state index in [1.54, 1.807) is 0 Å². The summed E-state index contributed by atoms with van der Waals surface area (Å²) >= 11 is 0. The molecule has 5 heteroatoms. The van der Waals surface area contributed by atoms with Gasteiger partial charge in [0.05, 0.1) is 5.41 Å². The number of carboxylic acids is 1. The van der Waals surface area contributed by atoms with E-state index >= 15 is 0 Å². The first-order chi connectivity index (χ1) is 7.96. The van der Waals surface area contributed by atoms with Crippen LogP contribution in [0.1, 0.15) is 45.4 Å². The molecule has 17 heavy (non-hydrogen) atoms. The number of aliphatic carboxylic acids is 1. The molecule has 1 atom stereocenters. The van der Waals surface area contributed by atoms with Crippen molar-refractivity contribution in [1.29, 1.82) is 0 Å². The third-order valence-electron chi connectivity index (χ3n) is 3.47. The molecular formula is C12H22N2O3. The van der Waals surface area contributed by atoms with Crippen LogP contribution >= 0.6 is 0 Å². The first-order valence-corrected chi connectivity index (χ1v) is 6.22. The van der Waals surface area contributed by atoms with Gasteiger partial charge in [0.2, 0.25) is 5.91 Å². The number of carboxylic acid groups (broad SMARTS) is 1. The fourth-order valence-electron chi connectivity index (χ4n) is 2.23. The van der Waals surface area contributed by atoms with Crippen molar-refractivity contribution in [2.24, 2.45) is 11.1 Å². The molecule has 1 aliphatic carbocycles. The molecule has 0 spiro atoms. The van der Waals surface area contributed by atoms with Crippen LogP contribution in [0, 0.1) is 5.41 Å². The number of hydrogen-bond acceptors (Lipinski definition) is 3. The van der Waals surface area contributed by atoms with E-state index in [4.69, 9.17) is 5.73 Å². The first-order valence-electron chi connectivity index (χ1n) is 6.22. The Kier molecular flexibility index (Phi) is 4.93. The number of hydrogen-bond donors (Lipinski definition) is 3. The molecule has 0 radical (unpaired) electrons. The van der Waals surface area contributed by atoms with E-state index in [0.717, 1.165) is 12.8 Å². The van der Waals surface area contributed by atoms with E-state index in [-0.39, 0.29) is 18.5 Å². The topological polar surface area (TPSA) is 92.4 Å². The lowest BCUT2D eigenvalue weighted by molar-refractivity contribution is -0.148. The Balaban J connectivity index is 2.37.